The molecule has 9 heteroatoms. The SMILES string of the molecule is CN(C)S(=O)(=O)c1cccc(CNC(=O)c2cc(Cl)cnc2N)c1. The Hall–Kier alpha value is -2.16. The second-order valence-corrected chi connectivity index (χ2v) is 7.79. The Balaban J connectivity index is 2.15. The summed E-state index contributed by atoms with van der Waals surface area (Å²) in [6.45, 7) is 0.140. The molecular formula is C15H17ClN4O3S. The fourth-order valence-electron chi connectivity index (χ4n) is 1.94. The van der Waals surface area contributed by atoms with Gasteiger partial charge in [-0.15, -0.1) is 0 Å². The topological polar surface area (TPSA) is 105 Å². The number of rotatable bonds is 5. The lowest BCUT2D eigenvalue weighted by Gasteiger charge is -2.13. The van der Waals surface area contributed by atoms with Crippen LogP contribution in [0.1, 0.15) is 15.9 Å². The molecule has 1 heterocycles. The Morgan fingerprint density at radius 3 is 2.71 bits per heavy atom. The highest BCUT2D eigenvalue weighted by Gasteiger charge is 2.17. The molecule has 0 saturated carbocycles. The summed E-state index contributed by atoms with van der Waals surface area (Å²) in [5.74, 6) is -0.371. The molecule has 0 saturated heterocycles. The van der Waals surface area contributed by atoms with Gasteiger partial charge in [0.05, 0.1) is 15.5 Å². The van der Waals surface area contributed by atoms with Gasteiger partial charge in [-0.1, -0.05) is 23.7 Å². The molecule has 1 aromatic carbocycles. The molecule has 0 aliphatic rings. The number of pyridine rings is 1. The number of carbonyl (C=O) groups is 1. The number of aromatic nitrogens is 1. The highest BCUT2D eigenvalue weighted by Crippen LogP contribution is 2.16. The number of amides is 1. The number of hydrogen-bond acceptors (Lipinski definition) is 5. The van der Waals surface area contributed by atoms with Crippen molar-refractivity contribution >= 4 is 33.3 Å². The van der Waals surface area contributed by atoms with E-state index in [0.717, 1.165) is 4.31 Å². The van der Waals surface area contributed by atoms with Crippen molar-refractivity contribution in [3.63, 3.8) is 0 Å². The normalized spacial score (nSPS) is 11.5. The van der Waals surface area contributed by atoms with Crippen molar-refractivity contribution in [2.24, 2.45) is 0 Å². The number of benzene rings is 1. The zero-order valence-electron chi connectivity index (χ0n) is 13.2. The predicted octanol–water partition coefficient (Wildman–Crippen LogP) is 1.50. The second kappa shape index (κ2) is 7.16. The summed E-state index contributed by atoms with van der Waals surface area (Å²) in [6.07, 6.45) is 1.35. The van der Waals surface area contributed by atoms with E-state index < -0.39 is 15.9 Å². The minimum Gasteiger partial charge on any atom is -0.383 e. The van der Waals surface area contributed by atoms with Crippen LogP contribution < -0.4 is 11.1 Å². The molecule has 0 radical (unpaired) electrons. The first kappa shape index (κ1) is 18.2. The fourth-order valence-corrected chi connectivity index (χ4v) is 3.07. The van der Waals surface area contributed by atoms with Crippen molar-refractivity contribution in [2.45, 2.75) is 11.4 Å². The van der Waals surface area contributed by atoms with Gasteiger partial charge in [-0.25, -0.2) is 17.7 Å². The van der Waals surface area contributed by atoms with E-state index in [2.05, 4.69) is 10.3 Å². The van der Waals surface area contributed by atoms with Gasteiger partial charge in [0.15, 0.2) is 0 Å². The summed E-state index contributed by atoms with van der Waals surface area (Å²) < 4.78 is 25.4. The van der Waals surface area contributed by atoms with Crippen molar-refractivity contribution in [1.82, 2.24) is 14.6 Å². The number of halogens is 1. The van der Waals surface area contributed by atoms with Crippen molar-refractivity contribution in [3.8, 4) is 0 Å². The molecule has 2 rings (SSSR count). The van der Waals surface area contributed by atoms with Gasteiger partial charge in [0, 0.05) is 26.8 Å². The van der Waals surface area contributed by atoms with Crippen LogP contribution in [0.25, 0.3) is 0 Å². The largest absolute Gasteiger partial charge is 0.383 e. The Bertz CT molecular complexity index is 869. The average molecular weight is 369 g/mol. The van der Waals surface area contributed by atoms with E-state index in [1.54, 1.807) is 12.1 Å². The van der Waals surface area contributed by atoms with Gasteiger partial charge in [-0.05, 0) is 23.8 Å². The zero-order valence-corrected chi connectivity index (χ0v) is 14.7. The number of hydrogen-bond donors (Lipinski definition) is 2. The number of carbonyl (C=O) groups excluding carboxylic acids is 1. The maximum absolute atomic E-state index is 12.2. The van der Waals surface area contributed by atoms with Crippen molar-refractivity contribution in [2.75, 3.05) is 19.8 Å². The van der Waals surface area contributed by atoms with Crippen LogP contribution in [0.5, 0.6) is 0 Å². The molecule has 0 aliphatic heterocycles. The number of nitrogens with one attached hydrogen (secondary N) is 1. The summed E-state index contributed by atoms with van der Waals surface area (Å²) in [6, 6.07) is 7.77. The van der Waals surface area contributed by atoms with E-state index in [1.165, 1.54) is 38.5 Å². The Kier molecular flexibility index (Phi) is 5.43. The maximum Gasteiger partial charge on any atom is 0.255 e. The minimum atomic E-state index is -3.53. The van der Waals surface area contributed by atoms with Gasteiger partial charge >= 0.3 is 0 Å². The Morgan fingerprint density at radius 2 is 2.04 bits per heavy atom. The van der Waals surface area contributed by atoms with Crippen LogP contribution in [0.2, 0.25) is 5.02 Å². The highest BCUT2D eigenvalue weighted by atomic mass is 35.5. The lowest BCUT2D eigenvalue weighted by Crippen LogP contribution is -2.25. The van der Waals surface area contributed by atoms with Gasteiger partial charge in [0.2, 0.25) is 10.0 Å². The Labute approximate surface area is 145 Å². The molecular weight excluding hydrogens is 352 g/mol. The summed E-state index contributed by atoms with van der Waals surface area (Å²) in [5, 5.41) is 2.96. The standard InChI is InChI=1S/C15H17ClN4O3S/c1-20(2)24(22,23)12-5-3-4-10(6-12)8-19-15(21)13-7-11(16)9-18-14(13)17/h3-7,9H,8H2,1-2H3,(H2,17,18)(H,19,21). The van der Waals surface area contributed by atoms with Crippen LogP contribution in [0, 0.1) is 0 Å². The Morgan fingerprint density at radius 1 is 1.33 bits per heavy atom. The van der Waals surface area contributed by atoms with Gasteiger partial charge in [0.1, 0.15) is 5.82 Å². The molecule has 2 aromatic rings. The number of sulfonamides is 1. The van der Waals surface area contributed by atoms with Crippen LogP contribution in [-0.2, 0) is 16.6 Å². The van der Waals surface area contributed by atoms with Crippen molar-refractivity contribution in [3.05, 3.63) is 52.7 Å². The van der Waals surface area contributed by atoms with Crippen molar-refractivity contribution < 1.29 is 13.2 Å². The second-order valence-electron chi connectivity index (χ2n) is 5.20. The van der Waals surface area contributed by atoms with Gasteiger partial charge in [-0.3, -0.25) is 4.79 Å². The van der Waals surface area contributed by atoms with E-state index in [-0.39, 0.29) is 22.8 Å². The molecule has 24 heavy (non-hydrogen) atoms. The molecule has 0 bridgehead atoms. The zero-order chi connectivity index (χ0) is 17.9. The molecule has 128 valence electrons. The fraction of sp³-hybridized carbons (Fsp3) is 0.200. The van der Waals surface area contributed by atoms with Crippen molar-refractivity contribution in [1.29, 1.82) is 0 Å². The molecule has 3 N–H and O–H groups in total. The molecule has 0 atom stereocenters. The number of anilines is 1. The first-order valence-corrected chi connectivity index (χ1v) is 8.74. The molecule has 7 nitrogen and oxygen atoms in total. The third-order valence-corrected chi connectivity index (χ3v) is 5.28. The number of nitrogen functional groups attached to an aromatic ring is 1. The molecule has 0 fully saturated rings. The van der Waals surface area contributed by atoms with Crippen LogP contribution in [-0.4, -0.2) is 37.7 Å². The molecule has 0 unspecified atom stereocenters. The van der Waals surface area contributed by atoms with Crippen LogP contribution in [0.15, 0.2) is 41.4 Å². The van der Waals surface area contributed by atoms with Crippen LogP contribution >= 0.6 is 11.6 Å². The van der Waals surface area contributed by atoms with Crippen LogP contribution in [0.3, 0.4) is 0 Å². The molecule has 0 aliphatic carbocycles. The number of nitrogens with two attached hydrogens (primary N) is 1. The van der Waals surface area contributed by atoms with Gasteiger partial charge < -0.3 is 11.1 Å². The summed E-state index contributed by atoms with van der Waals surface area (Å²) in [7, 11) is -0.615. The van der Waals surface area contributed by atoms with E-state index in [0.29, 0.717) is 10.6 Å². The third kappa shape index (κ3) is 4.02. The summed E-state index contributed by atoms with van der Waals surface area (Å²) in [5.41, 5.74) is 6.46. The first-order valence-electron chi connectivity index (χ1n) is 6.92. The first-order chi connectivity index (χ1) is 11.2. The summed E-state index contributed by atoms with van der Waals surface area (Å²) >= 11 is 5.81. The minimum absolute atomic E-state index is 0.0702. The van der Waals surface area contributed by atoms with E-state index >= 15 is 0 Å². The average Bonchev–Trinajstić information content (AvgIpc) is 2.55. The maximum atomic E-state index is 12.2. The number of nitrogens with zero attached hydrogens (tertiary/aromatic N) is 2. The van der Waals surface area contributed by atoms with E-state index in [1.807, 2.05) is 0 Å². The smallest absolute Gasteiger partial charge is 0.255 e. The highest BCUT2D eigenvalue weighted by molar-refractivity contribution is 7.89. The summed E-state index contributed by atoms with van der Waals surface area (Å²) in [4.78, 5) is 16.1. The molecule has 1 aromatic heterocycles. The molecule has 0 spiro atoms. The lowest BCUT2D eigenvalue weighted by atomic mass is 10.2. The lowest BCUT2D eigenvalue weighted by molar-refractivity contribution is 0.0951. The predicted molar refractivity (Wildman–Crippen MR) is 92.1 cm³/mol. The van der Waals surface area contributed by atoms with Gasteiger partial charge in [0.25, 0.3) is 5.91 Å². The monoisotopic (exact) mass is 368 g/mol. The van der Waals surface area contributed by atoms with Crippen LogP contribution in [0.4, 0.5) is 5.82 Å². The van der Waals surface area contributed by atoms with Gasteiger partial charge in [-0.2, -0.15) is 0 Å². The van der Waals surface area contributed by atoms with E-state index in [4.69, 9.17) is 17.3 Å². The van der Waals surface area contributed by atoms with E-state index in [9.17, 15) is 13.2 Å². The molecule has 1 amide bonds. The quantitative estimate of drug-likeness (QED) is 0.831. The third-order valence-electron chi connectivity index (χ3n) is 3.26.